The summed E-state index contributed by atoms with van der Waals surface area (Å²) in [5, 5.41) is 0. The quantitative estimate of drug-likeness (QED) is 0.456. The molecule has 3 nitrogen and oxygen atoms in total. The molecule has 0 aliphatic heterocycles. The van der Waals surface area contributed by atoms with Gasteiger partial charge in [0, 0.05) is 0 Å². The first-order chi connectivity index (χ1) is 5.83. The molecule has 1 radical (unpaired) electrons. The molecule has 0 fully saturated rings. The predicted octanol–water partition coefficient (Wildman–Crippen LogP) is 1.19. The first-order valence-electron chi connectivity index (χ1n) is 2.34. The number of hydrogen-bond acceptors (Lipinski definition) is 3. The maximum absolute atomic E-state index is 7.75. The molecule has 73 valence electrons. The van der Waals surface area contributed by atoms with Crippen LogP contribution >= 0.6 is 0 Å². The van der Waals surface area contributed by atoms with Gasteiger partial charge in [0.25, 0.3) is 0 Å². The molecule has 0 spiro atoms. The Kier molecular flexibility index (Phi) is 5570. The van der Waals surface area contributed by atoms with E-state index in [1.54, 1.807) is 0 Å². The number of allylic oxidation sites excluding steroid dienone is 2. The van der Waals surface area contributed by atoms with Crippen LogP contribution in [0.2, 0.25) is 0 Å². The van der Waals surface area contributed by atoms with Gasteiger partial charge in [-0.25, -0.2) is 39.2 Å². The van der Waals surface area contributed by atoms with Crippen LogP contribution in [0.3, 0.4) is 0 Å². The maximum Gasteiger partial charge on any atom is 5.00 e. The van der Waals surface area contributed by atoms with E-state index in [0.29, 0.717) is 0 Å². The summed E-state index contributed by atoms with van der Waals surface area (Å²) in [5.74, 6) is 0. The molecule has 0 rings (SSSR count). The Morgan fingerprint density at radius 3 is 0.769 bits per heavy atom. The van der Waals surface area contributed by atoms with Gasteiger partial charge in [-0.2, -0.15) is 0 Å². The van der Waals surface area contributed by atoms with Crippen LogP contribution in [0.4, 0.5) is 0 Å². The third kappa shape index (κ3) is 540. The van der Waals surface area contributed by atoms with Gasteiger partial charge in [0.05, 0.1) is 0 Å². The van der Waals surface area contributed by atoms with Crippen molar-refractivity contribution in [1.82, 2.24) is 0 Å². The second-order valence-electron chi connectivity index (χ2n) is 0.577. The van der Waals surface area contributed by atoms with Gasteiger partial charge >= 0.3 is 17.4 Å². The second kappa shape index (κ2) is 1760. The number of hydrogen-bond donors (Lipinski definition) is 0. The van der Waals surface area contributed by atoms with Crippen molar-refractivity contribution in [3.05, 3.63) is 39.2 Å². The fourth-order valence-electron chi connectivity index (χ4n) is 0. The van der Waals surface area contributed by atoms with Crippen molar-refractivity contribution in [2.75, 3.05) is 0 Å². The summed E-state index contributed by atoms with van der Waals surface area (Å²) in [4.78, 5) is 23.2. The Morgan fingerprint density at radius 1 is 0.769 bits per heavy atom. The van der Waals surface area contributed by atoms with E-state index in [4.69, 9.17) is 14.4 Å². The molecule has 0 saturated heterocycles. The molecule has 0 amide bonds. The zero-order valence-electron chi connectivity index (χ0n) is 7.35. The molecule has 0 unspecified atom stereocenters. The molecule has 0 atom stereocenters. The molecule has 0 aliphatic carbocycles. The predicted molar refractivity (Wildman–Crippen MR) is 51.4 cm³/mol. The van der Waals surface area contributed by atoms with E-state index >= 15 is 0 Å². The van der Waals surface area contributed by atoms with Crippen molar-refractivity contribution < 1.29 is 31.7 Å². The van der Waals surface area contributed by atoms with E-state index in [0.717, 1.165) is 0 Å². The molecule has 0 aromatic carbocycles. The molecule has 0 aromatic heterocycles. The Bertz CT molecular complexity index is 57.1. The van der Waals surface area contributed by atoms with Crippen molar-refractivity contribution in [2.45, 2.75) is 0 Å². The second-order valence-corrected chi connectivity index (χ2v) is 0.577. The normalized spacial score (nSPS) is 2.77. The minimum Gasteiger partial charge on any atom is -0.545 e. The molecule has 0 bridgehead atoms. The molecule has 0 heterocycles. The molecule has 13 heavy (non-hydrogen) atoms. The van der Waals surface area contributed by atoms with Gasteiger partial charge < -0.3 is 14.4 Å². The maximum atomic E-state index is 7.75. The first-order valence-corrected chi connectivity index (χ1v) is 2.34. The van der Waals surface area contributed by atoms with Gasteiger partial charge in [-0.05, 0) is 0 Å². The summed E-state index contributed by atoms with van der Waals surface area (Å²) < 4.78 is 0. The Hall–Kier alpha value is -1.24. The standard InChI is InChI=1S/2C3H5.3CHO.Cr/c2*1-3-2;3*1-2;/h2*3H,1-2H2;3*1H;/q5*-1;+5. The van der Waals surface area contributed by atoms with Crippen LogP contribution in [0.15, 0.2) is 25.3 Å². The Labute approximate surface area is 91.7 Å². The van der Waals surface area contributed by atoms with E-state index in [1.807, 2.05) is 0 Å². The van der Waals surface area contributed by atoms with E-state index in [9.17, 15) is 0 Å². The summed E-state index contributed by atoms with van der Waals surface area (Å²) in [6, 6.07) is 0. The van der Waals surface area contributed by atoms with Gasteiger partial charge in [0.1, 0.15) is 0 Å². The zero-order chi connectivity index (χ0) is 11.4. The van der Waals surface area contributed by atoms with Gasteiger partial charge in [-0.3, -0.25) is 20.4 Å². The molecular weight excluding hydrogens is 208 g/mol. The Balaban J connectivity index is -0.0000000118. The largest absolute Gasteiger partial charge is 5.00 e. The van der Waals surface area contributed by atoms with Crippen LogP contribution in [0.25, 0.3) is 0 Å². The molecule has 0 saturated carbocycles. The monoisotopic (exact) mass is 221 g/mol. The van der Waals surface area contributed by atoms with Gasteiger partial charge in [0.15, 0.2) is 0 Å². The van der Waals surface area contributed by atoms with Gasteiger partial charge in [-0.1, -0.05) is 0 Å². The van der Waals surface area contributed by atoms with Crippen molar-refractivity contribution in [3.63, 3.8) is 0 Å². The zero-order valence-corrected chi connectivity index (χ0v) is 8.62. The van der Waals surface area contributed by atoms with Crippen molar-refractivity contribution in [2.24, 2.45) is 0 Å². The third-order valence-corrected chi connectivity index (χ3v) is 0. The number of rotatable bonds is 0. The van der Waals surface area contributed by atoms with Crippen molar-refractivity contribution >= 4 is 20.4 Å². The van der Waals surface area contributed by atoms with Crippen LogP contribution in [0.5, 0.6) is 0 Å². The van der Waals surface area contributed by atoms with Crippen LogP contribution < -0.4 is 0 Å². The van der Waals surface area contributed by atoms with Crippen molar-refractivity contribution in [1.29, 1.82) is 0 Å². The Morgan fingerprint density at radius 2 is 0.769 bits per heavy atom. The summed E-state index contributed by atoms with van der Waals surface area (Å²) in [6.07, 6.45) is 3.00. The summed E-state index contributed by atoms with van der Waals surface area (Å²) in [6.45, 7) is 22.8. The molecule has 0 aliphatic rings. The first kappa shape index (κ1) is 41.0. The van der Waals surface area contributed by atoms with E-state index < -0.39 is 0 Å². The van der Waals surface area contributed by atoms with E-state index in [2.05, 4.69) is 47.4 Å². The van der Waals surface area contributed by atoms with Crippen LogP contribution in [0, 0.1) is 13.8 Å². The summed E-state index contributed by atoms with van der Waals surface area (Å²) in [5.41, 5.74) is 0. The van der Waals surface area contributed by atoms with Gasteiger partial charge in [0.2, 0.25) is 0 Å². The van der Waals surface area contributed by atoms with Crippen molar-refractivity contribution in [3.8, 4) is 0 Å². The molecule has 0 aromatic rings. The molecule has 0 N–H and O–H groups in total. The average molecular weight is 221 g/mol. The third-order valence-electron chi connectivity index (χ3n) is 0. The molecular formula is C9H13CrO3. The smallest absolute Gasteiger partial charge is 0.545 e. The topological polar surface area (TPSA) is 51.2 Å². The SMILES string of the molecule is C=C[CH2-].C=C[CH2-].[CH-]=O.[CH-]=O.[CH-]=O.[Cr+5]. The minimum absolute atomic E-state index is 0. The van der Waals surface area contributed by atoms with E-state index in [-0.39, 0.29) is 17.4 Å². The van der Waals surface area contributed by atoms with Crippen LogP contribution in [-0.2, 0) is 31.7 Å². The molecule has 4 heteroatoms. The van der Waals surface area contributed by atoms with Crippen LogP contribution in [0.1, 0.15) is 0 Å². The van der Waals surface area contributed by atoms with Gasteiger partial charge in [-0.15, -0.1) is 0 Å². The van der Waals surface area contributed by atoms with E-state index in [1.165, 1.54) is 12.2 Å². The fraction of sp³-hybridized carbons (Fsp3) is 0. The minimum atomic E-state index is 0. The number of carbonyl (C=O) groups excluding carboxylic acids is 3. The van der Waals surface area contributed by atoms with Crippen LogP contribution in [-0.4, -0.2) is 20.4 Å². The summed E-state index contributed by atoms with van der Waals surface area (Å²) in [7, 11) is 0. The summed E-state index contributed by atoms with van der Waals surface area (Å²) >= 11 is 0. The average Bonchev–Trinajstić information content (AvgIpc) is 2.16. The fourth-order valence-corrected chi connectivity index (χ4v) is 0.